The molecule has 0 aliphatic rings. The van der Waals surface area contributed by atoms with Gasteiger partial charge in [-0.1, -0.05) is 46.9 Å². The Kier molecular flexibility index (Phi) is 5.59. The van der Waals surface area contributed by atoms with Crippen molar-refractivity contribution in [1.82, 2.24) is 0 Å². The van der Waals surface area contributed by atoms with E-state index in [1.54, 1.807) is 25.3 Å². The van der Waals surface area contributed by atoms with Gasteiger partial charge in [-0.15, -0.1) is 0 Å². The Balaban J connectivity index is 2.31. The second kappa shape index (κ2) is 7.23. The van der Waals surface area contributed by atoms with Crippen molar-refractivity contribution in [1.29, 1.82) is 0 Å². The lowest BCUT2D eigenvalue weighted by Gasteiger charge is -2.15. The molecule has 0 spiro atoms. The Bertz CT molecular complexity index is 625. The normalized spacial score (nSPS) is 10.5. The summed E-state index contributed by atoms with van der Waals surface area (Å²) in [6.07, 6.45) is 0. The van der Waals surface area contributed by atoms with Gasteiger partial charge >= 0.3 is 0 Å². The highest BCUT2D eigenvalue weighted by atomic mass is 35.5. The maximum Gasteiger partial charge on any atom is 0.166 e. The van der Waals surface area contributed by atoms with E-state index in [1.165, 1.54) is 0 Å². The second-order valence-electron chi connectivity index (χ2n) is 4.26. The summed E-state index contributed by atoms with van der Waals surface area (Å²) < 4.78 is 11.1. The molecule has 6 heteroatoms. The smallest absolute Gasteiger partial charge is 0.166 e. The monoisotopic (exact) mass is 345 g/mol. The van der Waals surface area contributed by atoms with Crippen molar-refractivity contribution in [2.75, 3.05) is 7.11 Å². The molecule has 0 saturated carbocycles. The SMILES string of the molecule is COc1cccc(CN)c1OCc1c(Cl)ccc(Cl)c1Cl. The molecule has 21 heavy (non-hydrogen) atoms. The zero-order valence-corrected chi connectivity index (χ0v) is 13.6. The fourth-order valence-electron chi connectivity index (χ4n) is 1.89. The standard InChI is InChI=1S/C15H14Cl3NO2/c1-20-13-4-2-3-9(7-19)15(13)21-8-10-11(16)5-6-12(17)14(10)18/h2-6H,7-8,19H2,1H3. The van der Waals surface area contributed by atoms with Gasteiger partial charge in [0.05, 0.1) is 17.2 Å². The fourth-order valence-corrected chi connectivity index (χ4v) is 2.55. The molecule has 0 amide bonds. The number of hydrogen-bond acceptors (Lipinski definition) is 3. The number of nitrogens with two attached hydrogens (primary N) is 1. The summed E-state index contributed by atoms with van der Waals surface area (Å²) in [7, 11) is 1.57. The second-order valence-corrected chi connectivity index (χ2v) is 5.46. The molecule has 0 radical (unpaired) electrons. The van der Waals surface area contributed by atoms with Gasteiger partial charge in [0.25, 0.3) is 0 Å². The van der Waals surface area contributed by atoms with Gasteiger partial charge in [0, 0.05) is 22.7 Å². The maximum atomic E-state index is 6.16. The van der Waals surface area contributed by atoms with Crippen LogP contribution in [0.5, 0.6) is 11.5 Å². The molecule has 0 saturated heterocycles. The van der Waals surface area contributed by atoms with Gasteiger partial charge < -0.3 is 15.2 Å². The third-order valence-corrected chi connectivity index (χ3v) is 4.20. The molecule has 0 aromatic heterocycles. The number of benzene rings is 2. The van der Waals surface area contributed by atoms with Gasteiger partial charge in [0.2, 0.25) is 0 Å². The summed E-state index contributed by atoms with van der Waals surface area (Å²) in [6, 6.07) is 8.85. The molecule has 112 valence electrons. The first-order valence-corrected chi connectivity index (χ1v) is 7.33. The lowest BCUT2D eigenvalue weighted by atomic mass is 10.2. The third-order valence-electron chi connectivity index (χ3n) is 3.00. The highest BCUT2D eigenvalue weighted by Crippen LogP contribution is 2.35. The molecule has 0 heterocycles. The largest absolute Gasteiger partial charge is 0.493 e. The van der Waals surface area contributed by atoms with Crippen LogP contribution in [0.1, 0.15) is 11.1 Å². The summed E-state index contributed by atoms with van der Waals surface area (Å²) in [5, 5.41) is 1.31. The minimum atomic E-state index is 0.172. The van der Waals surface area contributed by atoms with Gasteiger partial charge in [-0.3, -0.25) is 0 Å². The first-order chi connectivity index (χ1) is 10.1. The Labute approximate surface area is 138 Å². The number of methoxy groups -OCH3 is 1. The van der Waals surface area contributed by atoms with Gasteiger partial charge in [-0.2, -0.15) is 0 Å². The summed E-state index contributed by atoms with van der Waals surface area (Å²) >= 11 is 18.3. The molecule has 2 N–H and O–H groups in total. The van der Waals surface area contributed by atoms with Crippen LogP contribution >= 0.6 is 34.8 Å². The molecule has 0 unspecified atom stereocenters. The van der Waals surface area contributed by atoms with E-state index < -0.39 is 0 Å². The van der Waals surface area contributed by atoms with Crippen molar-refractivity contribution in [3.8, 4) is 11.5 Å². The Morgan fingerprint density at radius 2 is 1.76 bits per heavy atom. The van der Waals surface area contributed by atoms with E-state index in [2.05, 4.69) is 0 Å². The van der Waals surface area contributed by atoms with E-state index in [0.717, 1.165) is 5.56 Å². The van der Waals surface area contributed by atoms with Crippen molar-refractivity contribution in [2.24, 2.45) is 5.73 Å². The molecule has 0 aliphatic heterocycles. The molecule has 0 bridgehead atoms. The highest BCUT2D eigenvalue weighted by Gasteiger charge is 2.14. The van der Waals surface area contributed by atoms with E-state index in [0.29, 0.717) is 38.7 Å². The van der Waals surface area contributed by atoms with Crippen molar-refractivity contribution in [3.63, 3.8) is 0 Å². The first kappa shape index (κ1) is 16.2. The number of hydrogen-bond donors (Lipinski definition) is 1. The van der Waals surface area contributed by atoms with Gasteiger partial charge in [0.1, 0.15) is 6.61 Å². The molecule has 0 atom stereocenters. The van der Waals surface area contributed by atoms with Crippen LogP contribution in [0.4, 0.5) is 0 Å². The Morgan fingerprint density at radius 3 is 2.43 bits per heavy atom. The number of para-hydroxylation sites is 1. The minimum absolute atomic E-state index is 0.172. The summed E-state index contributed by atoms with van der Waals surface area (Å²) in [4.78, 5) is 0. The molecule has 2 rings (SSSR count). The molecular weight excluding hydrogens is 333 g/mol. The van der Waals surface area contributed by atoms with Crippen molar-refractivity contribution >= 4 is 34.8 Å². The van der Waals surface area contributed by atoms with Crippen LogP contribution in [0, 0.1) is 0 Å². The van der Waals surface area contributed by atoms with Gasteiger partial charge in [0.15, 0.2) is 11.5 Å². The Hall–Kier alpha value is -1.13. The predicted molar refractivity (Wildman–Crippen MR) is 86.7 cm³/mol. The zero-order chi connectivity index (χ0) is 15.4. The minimum Gasteiger partial charge on any atom is -0.493 e. The first-order valence-electron chi connectivity index (χ1n) is 6.19. The van der Waals surface area contributed by atoms with E-state index in [9.17, 15) is 0 Å². The molecule has 0 fully saturated rings. The van der Waals surface area contributed by atoms with Crippen LogP contribution < -0.4 is 15.2 Å². The van der Waals surface area contributed by atoms with E-state index in [4.69, 9.17) is 50.0 Å². The quantitative estimate of drug-likeness (QED) is 0.799. The van der Waals surface area contributed by atoms with Crippen LogP contribution in [-0.4, -0.2) is 7.11 Å². The highest BCUT2D eigenvalue weighted by molar-refractivity contribution is 6.44. The summed E-state index contributed by atoms with van der Waals surface area (Å²) in [5.41, 5.74) is 7.18. The Morgan fingerprint density at radius 1 is 1.05 bits per heavy atom. The average molecular weight is 347 g/mol. The maximum absolute atomic E-state index is 6.16. The van der Waals surface area contributed by atoms with Crippen LogP contribution in [0.15, 0.2) is 30.3 Å². The van der Waals surface area contributed by atoms with Gasteiger partial charge in [-0.25, -0.2) is 0 Å². The topological polar surface area (TPSA) is 44.5 Å². The van der Waals surface area contributed by atoms with Crippen molar-refractivity contribution in [3.05, 3.63) is 56.5 Å². The fraction of sp³-hybridized carbons (Fsp3) is 0.200. The number of ether oxygens (including phenoxy) is 2. The molecule has 3 nitrogen and oxygen atoms in total. The molecule has 2 aromatic carbocycles. The van der Waals surface area contributed by atoms with Gasteiger partial charge in [-0.05, 0) is 18.2 Å². The van der Waals surface area contributed by atoms with E-state index in [-0.39, 0.29) is 6.61 Å². The lowest BCUT2D eigenvalue weighted by Crippen LogP contribution is -2.05. The average Bonchev–Trinajstić information content (AvgIpc) is 2.50. The summed E-state index contributed by atoms with van der Waals surface area (Å²) in [5.74, 6) is 1.18. The summed E-state index contributed by atoms with van der Waals surface area (Å²) in [6.45, 7) is 0.509. The van der Waals surface area contributed by atoms with Crippen LogP contribution in [0.25, 0.3) is 0 Å². The molecule has 0 aliphatic carbocycles. The zero-order valence-electron chi connectivity index (χ0n) is 11.3. The van der Waals surface area contributed by atoms with Crippen molar-refractivity contribution in [2.45, 2.75) is 13.2 Å². The predicted octanol–water partition coefficient (Wildman–Crippen LogP) is 4.69. The lowest BCUT2D eigenvalue weighted by molar-refractivity contribution is 0.281. The van der Waals surface area contributed by atoms with Crippen molar-refractivity contribution < 1.29 is 9.47 Å². The number of halogens is 3. The van der Waals surface area contributed by atoms with E-state index >= 15 is 0 Å². The number of rotatable bonds is 5. The van der Waals surface area contributed by atoms with Crippen LogP contribution in [-0.2, 0) is 13.2 Å². The molecular formula is C15H14Cl3NO2. The van der Waals surface area contributed by atoms with Crippen LogP contribution in [0.2, 0.25) is 15.1 Å². The van der Waals surface area contributed by atoms with Crippen LogP contribution in [0.3, 0.4) is 0 Å². The van der Waals surface area contributed by atoms with E-state index in [1.807, 2.05) is 12.1 Å². The third kappa shape index (κ3) is 3.55. The molecule has 2 aromatic rings.